The number of fused-ring (bicyclic) bond motifs is 2. The number of rotatable bonds is 4. The summed E-state index contributed by atoms with van der Waals surface area (Å²) < 4.78 is 8.04. The van der Waals surface area contributed by atoms with Gasteiger partial charge in [-0.2, -0.15) is 5.10 Å². The molecule has 0 amide bonds. The van der Waals surface area contributed by atoms with Crippen LogP contribution in [0.15, 0.2) is 85.1 Å². The maximum absolute atomic E-state index is 9.95. The summed E-state index contributed by atoms with van der Waals surface area (Å²) in [4.78, 5) is 12.7. The summed E-state index contributed by atoms with van der Waals surface area (Å²) in [5, 5.41) is 15.4. The lowest BCUT2D eigenvalue weighted by molar-refractivity contribution is 0.180. The molecule has 0 spiro atoms. The van der Waals surface area contributed by atoms with Gasteiger partial charge in [-0.25, -0.2) is 14.6 Å². The Kier molecular flexibility index (Phi) is 4.69. The standard InChI is InChI=1S/C26H20N6O2/c27-25-23-24(18-10-19(33)12-28-11-18)31-32(26(23)30-15-29-25)13-21-22(16-6-2-1-3-7-16)20-9-5-4-8-17(20)14-34-21/h1-12,15,33H,13-14H2,(H2,27,29,30). The Morgan fingerprint density at radius 2 is 1.79 bits per heavy atom. The first kappa shape index (κ1) is 19.9. The number of hydrogen-bond acceptors (Lipinski definition) is 7. The molecule has 0 bridgehead atoms. The van der Waals surface area contributed by atoms with Crippen molar-refractivity contribution in [2.75, 3.05) is 5.73 Å². The molecule has 8 heteroatoms. The summed E-state index contributed by atoms with van der Waals surface area (Å²) in [6.07, 6.45) is 4.41. The maximum Gasteiger partial charge on any atom is 0.164 e. The van der Waals surface area contributed by atoms with Crippen LogP contribution in [0.5, 0.6) is 5.75 Å². The van der Waals surface area contributed by atoms with E-state index in [2.05, 4.69) is 39.2 Å². The van der Waals surface area contributed by atoms with Crippen LogP contribution in [0.1, 0.15) is 16.7 Å². The van der Waals surface area contributed by atoms with Gasteiger partial charge < -0.3 is 15.6 Å². The van der Waals surface area contributed by atoms with Crippen molar-refractivity contribution in [2.45, 2.75) is 13.2 Å². The molecule has 1 aliphatic heterocycles. The van der Waals surface area contributed by atoms with Crippen LogP contribution in [0.2, 0.25) is 0 Å². The van der Waals surface area contributed by atoms with Gasteiger partial charge in [-0.3, -0.25) is 4.98 Å². The van der Waals surface area contributed by atoms with Crippen molar-refractivity contribution in [1.82, 2.24) is 24.7 Å². The van der Waals surface area contributed by atoms with Gasteiger partial charge in [0.15, 0.2) is 5.65 Å². The number of aromatic hydroxyl groups is 1. The van der Waals surface area contributed by atoms with Gasteiger partial charge >= 0.3 is 0 Å². The number of hydrogen-bond donors (Lipinski definition) is 2. The minimum absolute atomic E-state index is 0.0388. The third kappa shape index (κ3) is 3.32. The Labute approximate surface area is 195 Å². The van der Waals surface area contributed by atoms with E-state index in [9.17, 15) is 5.11 Å². The topological polar surface area (TPSA) is 112 Å². The minimum Gasteiger partial charge on any atom is -0.506 e. The predicted octanol–water partition coefficient (Wildman–Crippen LogP) is 4.17. The molecule has 0 fully saturated rings. The van der Waals surface area contributed by atoms with E-state index < -0.39 is 0 Å². The van der Waals surface area contributed by atoms with E-state index in [1.807, 2.05) is 30.3 Å². The predicted molar refractivity (Wildman–Crippen MR) is 128 cm³/mol. The van der Waals surface area contributed by atoms with E-state index in [0.717, 1.165) is 28.0 Å². The average molecular weight is 448 g/mol. The molecule has 6 rings (SSSR count). The molecule has 166 valence electrons. The second kappa shape index (κ2) is 8.00. The first-order valence-electron chi connectivity index (χ1n) is 10.8. The smallest absolute Gasteiger partial charge is 0.164 e. The molecular formula is C26H20N6O2. The summed E-state index contributed by atoms with van der Waals surface area (Å²) >= 11 is 0. The fourth-order valence-electron chi connectivity index (χ4n) is 4.36. The highest BCUT2D eigenvalue weighted by molar-refractivity contribution is 5.98. The summed E-state index contributed by atoms with van der Waals surface area (Å²) in [5.41, 5.74) is 12.3. The van der Waals surface area contributed by atoms with E-state index >= 15 is 0 Å². The first-order valence-corrected chi connectivity index (χ1v) is 10.8. The molecule has 2 aromatic carbocycles. The second-order valence-electron chi connectivity index (χ2n) is 8.01. The highest BCUT2D eigenvalue weighted by Crippen LogP contribution is 2.37. The number of nitrogen functional groups attached to an aromatic ring is 1. The van der Waals surface area contributed by atoms with Crippen molar-refractivity contribution < 1.29 is 9.84 Å². The van der Waals surface area contributed by atoms with Crippen molar-refractivity contribution >= 4 is 22.4 Å². The zero-order valence-electron chi connectivity index (χ0n) is 18.1. The van der Waals surface area contributed by atoms with Gasteiger partial charge in [0, 0.05) is 17.3 Å². The number of nitrogens with two attached hydrogens (primary N) is 1. The van der Waals surface area contributed by atoms with Gasteiger partial charge in [-0.1, -0.05) is 54.6 Å². The molecule has 0 atom stereocenters. The molecule has 0 aliphatic carbocycles. The van der Waals surface area contributed by atoms with E-state index in [1.54, 1.807) is 16.9 Å². The first-order chi connectivity index (χ1) is 16.7. The Hall–Kier alpha value is -4.72. The van der Waals surface area contributed by atoms with Crippen LogP contribution in [-0.4, -0.2) is 29.8 Å². The molecule has 0 unspecified atom stereocenters. The molecule has 0 saturated carbocycles. The molecule has 3 N–H and O–H groups in total. The summed E-state index contributed by atoms with van der Waals surface area (Å²) in [7, 11) is 0. The van der Waals surface area contributed by atoms with Crippen LogP contribution in [0.4, 0.5) is 5.82 Å². The summed E-state index contributed by atoms with van der Waals surface area (Å²) in [6, 6.07) is 20.0. The van der Waals surface area contributed by atoms with Crippen molar-refractivity contribution in [3.63, 3.8) is 0 Å². The average Bonchev–Trinajstić information content (AvgIpc) is 3.24. The van der Waals surface area contributed by atoms with Crippen molar-refractivity contribution in [3.8, 4) is 17.0 Å². The molecule has 3 aromatic heterocycles. The molecule has 4 heterocycles. The molecular weight excluding hydrogens is 428 g/mol. The lowest BCUT2D eigenvalue weighted by Gasteiger charge is -2.24. The van der Waals surface area contributed by atoms with Crippen molar-refractivity contribution in [2.24, 2.45) is 0 Å². The zero-order chi connectivity index (χ0) is 23.1. The molecule has 5 aromatic rings. The zero-order valence-corrected chi connectivity index (χ0v) is 18.1. The van der Waals surface area contributed by atoms with E-state index in [1.165, 1.54) is 12.5 Å². The Bertz CT molecular complexity index is 1560. The van der Waals surface area contributed by atoms with Crippen LogP contribution in [-0.2, 0) is 17.9 Å². The number of benzene rings is 2. The highest BCUT2D eigenvalue weighted by Gasteiger charge is 2.24. The maximum atomic E-state index is 9.95. The number of aromatic nitrogens is 5. The third-order valence-corrected chi connectivity index (χ3v) is 5.88. The molecule has 0 saturated heterocycles. The number of pyridine rings is 1. The van der Waals surface area contributed by atoms with Crippen LogP contribution >= 0.6 is 0 Å². The van der Waals surface area contributed by atoms with Gasteiger partial charge in [-0.15, -0.1) is 0 Å². The normalized spacial score (nSPS) is 13.1. The third-order valence-electron chi connectivity index (χ3n) is 5.88. The Morgan fingerprint density at radius 1 is 0.971 bits per heavy atom. The largest absolute Gasteiger partial charge is 0.506 e. The number of anilines is 1. The van der Waals surface area contributed by atoms with Crippen LogP contribution in [0, 0.1) is 0 Å². The van der Waals surface area contributed by atoms with Gasteiger partial charge in [0.25, 0.3) is 0 Å². The van der Waals surface area contributed by atoms with Gasteiger partial charge in [0.1, 0.15) is 42.5 Å². The van der Waals surface area contributed by atoms with E-state index in [4.69, 9.17) is 15.6 Å². The Balaban J connectivity index is 1.55. The van der Waals surface area contributed by atoms with Gasteiger partial charge in [-0.05, 0) is 22.8 Å². The van der Waals surface area contributed by atoms with Gasteiger partial charge in [0.2, 0.25) is 0 Å². The summed E-state index contributed by atoms with van der Waals surface area (Å²) in [6.45, 7) is 0.819. The van der Waals surface area contributed by atoms with Crippen LogP contribution < -0.4 is 5.73 Å². The van der Waals surface area contributed by atoms with Crippen LogP contribution in [0.3, 0.4) is 0 Å². The van der Waals surface area contributed by atoms with Crippen LogP contribution in [0.25, 0.3) is 27.9 Å². The highest BCUT2D eigenvalue weighted by atomic mass is 16.5. The molecule has 1 aliphatic rings. The van der Waals surface area contributed by atoms with Gasteiger partial charge in [0.05, 0.1) is 11.6 Å². The summed E-state index contributed by atoms with van der Waals surface area (Å²) in [5.74, 6) is 1.13. The van der Waals surface area contributed by atoms with Crippen molar-refractivity contribution in [3.05, 3.63) is 102 Å². The quantitative estimate of drug-likeness (QED) is 0.424. The molecule has 34 heavy (non-hydrogen) atoms. The number of nitrogens with zero attached hydrogens (tertiary/aromatic N) is 5. The van der Waals surface area contributed by atoms with Crippen molar-refractivity contribution in [1.29, 1.82) is 0 Å². The lowest BCUT2D eigenvalue weighted by Crippen LogP contribution is -2.14. The monoisotopic (exact) mass is 448 g/mol. The minimum atomic E-state index is 0.0388. The van der Waals surface area contributed by atoms with E-state index in [0.29, 0.717) is 41.3 Å². The van der Waals surface area contributed by atoms with E-state index in [-0.39, 0.29) is 5.75 Å². The number of ether oxygens (including phenoxy) is 1. The lowest BCUT2D eigenvalue weighted by atomic mass is 9.91. The molecule has 0 radical (unpaired) electrons. The number of allylic oxidation sites excluding steroid dienone is 1. The fourth-order valence-corrected chi connectivity index (χ4v) is 4.36. The fraction of sp³-hybridized carbons (Fsp3) is 0.0769. The second-order valence-corrected chi connectivity index (χ2v) is 8.01. The Morgan fingerprint density at radius 3 is 2.65 bits per heavy atom. The SMILES string of the molecule is Nc1ncnc2c1c(-c1cncc(O)c1)nn2CC1=C(c2ccccc2)c2ccccc2CO1. The molecule has 8 nitrogen and oxygen atoms in total.